The molecule has 4 nitrogen and oxygen atoms in total. The minimum absolute atomic E-state index is 0.130. The molecule has 0 bridgehead atoms. The molecule has 4 heteroatoms. The minimum atomic E-state index is -0.384. The molecule has 3 saturated carbocycles. The monoisotopic (exact) mass is 292 g/mol. The molecule has 0 aromatic rings. The van der Waals surface area contributed by atoms with Crippen LogP contribution >= 0.6 is 0 Å². The molecule has 1 N–H and O–H groups in total. The van der Waals surface area contributed by atoms with Gasteiger partial charge in [0, 0.05) is 25.2 Å². The molecular formula is C17H28N2O2. The number of nitrogens with zero attached hydrogens (tertiary/aromatic N) is 1. The number of ether oxygens (including phenoxy) is 1. The van der Waals surface area contributed by atoms with Crippen LogP contribution in [0, 0.1) is 23.7 Å². The van der Waals surface area contributed by atoms with Crippen LogP contribution in [-0.4, -0.2) is 41.8 Å². The Hall–Kier alpha value is -0.770. The highest BCUT2D eigenvalue weighted by Crippen LogP contribution is 2.50. The summed E-state index contributed by atoms with van der Waals surface area (Å²) < 4.78 is 5.47. The van der Waals surface area contributed by atoms with Gasteiger partial charge in [-0.2, -0.15) is 0 Å². The Labute approximate surface area is 127 Å². The first-order valence-corrected chi connectivity index (χ1v) is 8.66. The third kappa shape index (κ3) is 2.92. The lowest BCUT2D eigenvalue weighted by Gasteiger charge is -2.27. The van der Waals surface area contributed by atoms with Gasteiger partial charge < -0.3 is 15.0 Å². The number of carbonyl (C=O) groups excluding carboxylic acids is 1. The van der Waals surface area contributed by atoms with Gasteiger partial charge in [-0.25, -0.2) is 4.79 Å². The lowest BCUT2D eigenvalue weighted by Crippen LogP contribution is -2.42. The fourth-order valence-corrected chi connectivity index (χ4v) is 4.04. The molecule has 2 unspecified atom stereocenters. The molecule has 0 spiro atoms. The van der Waals surface area contributed by atoms with Gasteiger partial charge in [0.25, 0.3) is 0 Å². The fourth-order valence-electron chi connectivity index (χ4n) is 4.04. The maximum absolute atomic E-state index is 12.1. The van der Waals surface area contributed by atoms with E-state index < -0.39 is 0 Å². The normalized spacial score (nSPS) is 35.0. The van der Waals surface area contributed by atoms with Gasteiger partial charge in [-0.05, 0) is 70.1 Å². The molecule has 118 valence electrons. The van der Waals surface area contributed by atoms with E-state index in [1.54, 1.807) is 0 Å². The average Bonchev–Trinajstić information content (AvgIpc) is 3.23. The van der Waals surface area contributed by atoms with E-state index in [2.05, 4.69) is 5.32 Å². The second kappa shape index (κ2) is 4.61. The number of nitrogens with one attached hydrogen (secondary N) is 1. The Morgan fingerprint density at radius 2 is 1.62 bits per heavy atom. The maximum Gasteiger partial charge on any atom is 0.410 e. The highest BCUT2D eigenvalue weighted by molar-refractivity contribution is 5.69. The van der Waals surface area contributed by atoms with Crippen LogP contribution in [0.2, 0.25) is 0 Å². The number of piperidine rings is 1. The van der Waals surface area contributed by atoms with Crippen LogP contribution in [0.1, 0.15) is 46.5 Å². The predicted octanol–water partition coefficient (Wildman–Crippen LogP) is 2.63. The van der Waals surface area contributed by atoms with Crippen molar-refractivity contribution in [1.82, 2.24) is 10.2 Å². The summed E-state index contributed by atoms with van der Waals surface area (Å²) in [4.78, 5) is 14.0. The maximum atomic E-state index is 12.1. The first-order chi connectivity index (χ1) is 9.92. The van der Waals surface area contributed by atoms with E-state index in [9.17, 15) is 4.79 Å². The van der Waals surface area contributed by atoms with Crippen molar-refractivity contribution in [2.75, 3.05) is 13.1 Å². The number of hydrogen-bond donors (Lipinski definition) is 1. The van der Waals surface area contributed by atoms with Gasteiger partial charge >= 0.3 is 6.09 Å². The van der Waals surface area contributed by atoms with Gasteiger partial charge in [0.05, 0.1) is 0 Å². The molecule has 4 rings (SSSR count). The topological polar surface area (TPSA) is 41.6 Å². The number of amides is 1. The van der Waals surface area contributed by atoms with Crippen molar-refractivity contribution >= 4 is 6.09 Å². The molecule has 0 aromatic carbocycles. The molecule has 4 aliphatic rings. The molecule has 1 saturated heterocycles. The summed E-state index contributed by atoms with van der Waals surface area (Å²) in [7, 11) is 0. The Bertz CT molecular complexity index is 413. The van der Waals surface area contributed by atoms with E-state index in [1.165, 1.54) is 25.7 Å². The second-order valence-corrected chi connectivity index (χ2v) is 8.61. The summed E-state index contributed by atoms with van der Waals surface area (Å²) in [6.45, 7) is 7.57. The Kier molecular flexibility index (Phi) is 3.04. The average molecular weight is 292 g/mol. The highest BCUT2D eigenvalue weighted by Gasteiger charge is 2.59. The lowest BCUT2D eigenvalue weighted by molar-refractivity contribution is 0.0268. The van der Waals surface area contributed by atoms with Gasteiger partial charge in [0.15, 0.2) is 0 Å². The fraction of sp³-hybridized carbons (Fsp3) is 0.941. The first-order valence-electron chi connectivity index (χ1n) is 8.66. The number of hydrogen-bond acceptors (Lipinski definition) is 3. The molecule has 1 heterocycles. The van der Waals surface area contributed by atoms with Crippen molar-refractivity contribution in [3.8, 4) is 0 Å². The van der Waals surface area contributed by atoms with Crippen molar-refractivity contribution in [2.45, 2.75) is 64.1 Å². The molecule has 4 fully saturated rings. The van der Waals surface area contributed by atoms with Crippen molar-refractivity contribution in [1.29, 1.82) is 0 Å². The van der Waals surface area contributed by atoms with Crippen molar-refractivity contribution in [3.63, 3.8) is 0 Å². The largest absolute Gasteiger partial charge is 0.444 e. The van der Waals surface area contributed by atoms with Gasteiger partial charge in [-0.15, -0.1) is 0 Å². The summed E-state index contributed by atoms with van der Waals surface area (Å²) in [5, 5.41) is 3.95. The van der Waals surface area contributed by atoms with E-state index in [0.717, 1.165) is 31.0 Å². The van der Waals surface area contributed by atoms with E-state index in [-0.39, 0.29) is 11.7 Å². The summed E-state index contributed by atoms with van der Waals surface area (Å²) in [6.07, 6.45) is 5.59. The third-order valence-corrected chi connectivity index (χ3v) is 5.49. The van der Waals surface area contributed by atoms with Crippen LogP contribution in [0.4, 0.5) is 4.79 Å². The van der Waals surface area contributed by atoms with Crippen molar-refractivity contribution in [2.24, 2.45) is 23.7 Å². The molecule has 0 aromatic heterocycles. The van der Waals surface area contributed by atoms with Crippen LogP contribution in [0.15, 0.2) is 0 Å². The molecule has 1 amide bonds. The van der Waals surface area contributed by atoms with Crippen molar-refractivity contribution < 1.29 is 9.53 Å². The van der Waals surface area contributed by atoms with Crippen LogP contribution in [0.5, 0.6) is 0 Å². The van der Waals surface area contributed by atoms with Gasteiger partial charge in [-0.3, -0.25) is 0 Å². The zero-order valence-corrected chi connectivity index (χ0v) is 13.5. The predicted molar refractivity (Wildman–Crippen MR) is 80.9 cm³/mol. The van der Waals surface area contributed by atoms with Crippen LogP contribution < -0.4 is 5.32 Å². The Balaban J connectivity index is 1.26. The number of rotatable bonds is 4. The standard InChI is InChI=1S/C17H28N2O2/c1-17(2,3)21-16(20)19-8-12-13(9-19)15(12)18-14(10-4-5-10)11-6-7-11/h10-15,18H,4-9H2,1-3H3. The van der Waals surface area contributed by atoms with Gasteiger partial charge in [0.1, 0.15) is 5.60 Å². The van der Waals surface area contributed by atoms with Crippen LogP contribution in [0.25, 0.3) is 0 Å². The molecule has 3 aliphatic carbocycles. The minimum Gasteiger partial charge on any atom is -0.444 e. The van der Waals surface area contributed by atoms with E-state index in [0.29, 0.717) is 17.9 Å². The van der Waals surface area contributed by atoms with E-state index >= 15 is 0 Å². The first kappa shape index (κ1) is 13.9. The number of carbonyl (C=O) groups is 1. The SMILES string of the molecule is CC(C)(C)OC(=O)N1CC2C(C1)C2NC(C1CC1)C1CC1. The highest BCUT2D eigenvalue weighted by atomic mass is 16.6. The zero-order chi connectivity index (χ0) is 14.8. The molecule has 21 heavy (non-hydrogen) atoms. The summed E-state index contributed by atoms with van der Waals surface area (Å²) >= 11 is 0. The quantitative estimate of drug-likeness (QED) is 0.866. The van der Waals surface area contributed by atoms with Crippen molar-refractivity contribution in [3.05, 3.63) is 0 Å². The molecule has 1 aliphatic heterocycles. The molecule has 2 atom stereocenters. The van der Waals surface area contributed by atoms with E-state index in [1.807, 2.05) is 25.7 Å². The van der Waals surface area contributed by atoms with Crippen LogP contribution in [0.3, 0.4) is 0 Å². The Morgan fingerprint density at radius 3 is 2.05 bits per heavy atom. The zero-order valence-electron chi connectivity index (χ0n) is 13.5. The van der Waals surface area contributed by atoms with Gasteiger partial charge in [-0.1, -0.05) is 0 Å². The smallest absolute Gasteiger partial charge is 0.410 e. The van der Waals surface area contributed by atoms with Gasteiger partial charge in [0.2, 0.25) is 0 Å². The Morgan fingerprint density at radius 1 is 1.10 bits per heavy atom. The lowest BCUT2D eigenvalue weighted by atomic mass is 10.1. The summed E-state index contributed by atoms with van der Waals surface area (Å²) in [5.74, 6) is 3.27. The number of fused-ring (bicyclic) bond motifs is 1. The second-order valence-electron chi connectivity index (χ2n) is 8.61. The number of likely N-dealkylation sites (tertiary alicyclic amines) is 1. The summed E-state index contributed by atoms with van der Waals surface area (Å²) in [6, 6.07) is 1.46. The molecular weight excluding hydrogens is 264 g/mol. The third-order valence-electron chi connectivity index (χ3n) is 5.49. The summed E-state index contributed by atoms with van der Waals surface area (Å²) in [5.41, 5.74) is -0.384. The van der Waals surface area contributed by atoms with E-state index in [4.69, 9.17) is 4.74 Å². The van der Waals surface area contributed by atoms with Crippen LogP contribution in [-0.2, 0) is 4.74 Å². The molecule has 0 radical (unpaired) electrons.